The van der Waals surface area contributed by atoms with E-state index in [1.165, 1.54) is 12.3 Å². The molecule has 3 aromatic rings. The maximum atomic E-state index is 13.0. The summed E-state index contributed by atoms with van der Waals surface area (Å²) >= 11 is 1.03. The van der Waals surface area contributed by atoms with Crippen LogP contribution in [-0.4, -0.2) is 46.6 Å². The highest BCUT2D eigenvalue weighted by Gasteiger charge is 2.28. The monoisotopic (exact) mass is 431 g/mol. The number of sulfone groups is 1. The lowest BCUT2D eigenvalue weighted by molar-refractivity contribution is -0.704. The molecular weight excluding hydrogens is 414 g/mol. The van der Waals surface area contributed by atoms with E-state index in [-0.39, 0.29) is 33.8 Å². The van der Waals surface area contributed by atoms with Crippen molar-refractivity contribution >= 4 is 32.8 Å². The van der Waals surface area contributed by atoms with E-state index < -0.39 is 14.9 Å². The van der Waals surface area contributed by atoms with Crippen molar-refractivity contribution in [3.8, 4) is 22.5 Å². The molecule has 0 amide bonds. The van der Waals surface area contributed by atoms with Gasteiger partial charge in [-0.05, 0) is 25.0 Å². The maximum absolute atomic E-state index is 13.0. The molecule has 1 saturated carbocycles. The third-order valence-corrected chi connectivity index (χ3v) is 7.22. The summed E-state index contributed by atoms with van der Waals surface area (Å²) in [5.41, 5.74) is 1.19. The molecule has 150 valence electrons. The lowest BCUT2D eigenvalue weighted by Gasteiger charge is -2.18. The van der Waals surface area contributed by atoms with Gasteiger partial charge in [0.25, 0.3) is 11.6 Å². The number of aliphatic hydroxyl groups excluding tert-OH is 1. The summed E-state index contributed by atoms with van der Waals surface area (Å²) in [6.07, 6.45) is 4.66. The smallest absolute Gasteiger partial charge is 0.252 e. The minimum Gasteiger partial charge on any atom is -0.621 e. The predicted octanol–water partition coefficient (Wildman–Crippen LogP) is 0.899. The zero-order chi connectivity index (χ0) is 20.6. The van der Waals surface area contributed by atoms with Gasteiger partial charge in [-0.2, -0.15) is 4.98 Å². The van der Waals surface area contributed by atoms with Crippen molar-refractivity contribution in [3.05, 3.63) is 40.9 Å². The van der Waals surface area contributed by atoms with Gasteiger partial charge in [-0.15, -0.1) is 16.4 Å². The molecule has 9 nitrogen and oxygen atoms in total. The van der Waals surface area contributed by atoms with E-state index in [1.807, 2.05) is 0 Å². The fraction of sp³-hybridized carbons (Fsp3) is 0.278. The van der Waals surface area contributed by atoms with Gasteiger partial charge < -0.3 is 10.3 Å². The maximum Gasteiger partial charge on any atom is 0.252 e. The highest BCUT2D eigenvalue weighted by molar-refractivity contribution is 7.92. The molecule has 0 radical (unpaired) electrons. The minimum atomic E-state index is -3.35. The molecule has 0 aliphatic heterocycles. The molecule has 0 aromatic carbocycles. The van der Waals surface area contributed by atoms with Gasteiger partial charge in [0.1, 0.15) is 16.4 Å². The Balaban J connectivity index is 1.74. The van der Waals surface area contributed by atoms with Crippen molar-refractivity contribution in [3.63, 3.8) is 0 Å². The molecule has 3 N–H and O–H groups in total. The molecule has 0 spiro atoms. The van der Waals surface area contributed by atoms with Gasteiger partial charge in [0.05, 0.1) is 11.1 Å². The van der Waals surface area contributed by atoms with Gasteiger partial charge in [0, 0.05) is 23.9 Å². The van der Waals surface area contributed by atoms with E-state index in [1.54, 1.807) is 12.1 Å². The molecule has 1 unspecified atom stereocenters. The molecular formula is C18H17N5O4S2. The molecule has 1 aliphatic carbocycles. The van der Waals surface area contributed by atoms with Crippen LogP contribution in [0.25, 0.3) is 10.7 Å². The van der Waals surface area contributed by atoms with Crippen LogP contribution in [0.4, 0.5) is 11.6 Å². The lowest BCUT2D eigenvalue weighted by Crippen LogP contribution is -2.97. The number of aromatic amines is 1. The normalized spacial score (nSPS) is 15.0. The minimum absolute atomic E-state index is 0.0547. The van der Waals surface area contributed by atoms with Crippen molar-refractivity contribution in [1.82, 2.24) is 20.2 Å². The summed E-state index contributed by atoms with van der Waals surface area (Å²) in [5, 5.41) is 28.6. The van der Waals surface area contributed by atoms with E-state index in [9.17, 15) is 13.6 Å². The Morgan fingerprint density at radius 1 is 1.41 bits per heavy atom. The van der Waals surface area contributed by atoms with Crippen LogP contribution < -0.4 is 5.06 Å². The number of aliphatic hydroxyl groups is 1. The van der Waals surface area contributed by atoms with Crippen LogP contribution in [0.1, 0.15) is 30.0 Å². The summed E-state index contributed by atoms with van der Waals surface area (Å²) < 4.78 is 23.7. The Morgan fingerprint density at radius 3 is 2.86 bits per heavy atom. The first-order valence-electron chi connectivity index (χ1n) is 8.74. The van der Waals surface area contributed by atoms with Gasteiger partial charge in [-0.1, -0.05) is 11.8 Å². The van der Waals surface area contributed by atoms with Crippen molar-refractivity contribution in [1.29, 1.82) is 0 Å². The van der Waals surface area contributed by atoms with Crippen LogP contribution in [-0.2, 0) is 9.84 Å². The van der Waals surface area contributed by atoms with Crippen molar-refractivity contribution in [2.24, 2.45) is 0 Å². The van der Waals surface area contributed by atoms with Crippen LogP contribution >= 0.6 is 11.3 Å². The third-order valence-electron chi connectivity index (χ3n) is 4.32. The average Bonchev–Trinajstić information content (AvgIpc) is 3.20. The zero-order valence-electron chi connectivity index (χ0n) is 15.3. The fourth-order valence-corrected chi connectivity index (χ4v) is 4.59. The van der Waals surface area contributed by atoms with Crippen molar-refractivity contribution in [2.75, 3.05) is 12.9 Å². The molecule has 0 saturated heterocycles. The molecule has 4 rings (SSSR count). The number of thiophene rings is 1. The van der Waals surface area contributed by atoms with Crippen molar-refractivity contribution in [2.45, 2.75) is 23.0 Å². The molecule has 1 fully saturated rings. The third kappa shape index (κ3) is 4.21. The Labute approximate surface area is 170 Å². The first-order chi connectivity index (χ1) is 13.9. The molecule has 29 heavy (non-hydrogen) atoms. The SMILES string of the molecule is CS(=O)(=O)c1ccc(-c2ncc(C#CCO)c([NH+]([O-])c3cc(C4CC4)[nH]n3)n2)s1. The summed E-state index contributed by atoms with van der Waals surface area (Å²) in [7, 11) is -3.35. The highest BCUT2D eigenvalue weighted by atomic mass is 32.2. The number of H-pyrrole nitrogens is 1. The molecule has 3 aromatic heterocycles. The number of nitrogens with one attached hydrogen (secondary N) is 2. The van der Waals surface area contributed by atoms with E-state index >= 15 is 0 Å². The van der Waals surface area contributed by atoms with Gasteiger partial charge in [-0.25, -0.2) is 13.4 Å². The van der Waals surface area contributed by atoms with Crippen LogP contribution in [0.2, 0.25) is 0 Å². The average molecular weight is 431 g/mol. The predicted molar refractivity (Wildman–Crippen MR) is 107 cm³/mol. The largest absolute Gasteiger partial charge is 0.621 e. The van der Waals surface area contributed by atoms with Crippen LogP contribution in [0, 0.1) is 17.0 Å². The number of hydrogen-bond donors (Lipinski definition) is 3. The summed E-state index contributed by atoms with van der Waals surface area (Å²) in [6.45, 7) is -0.369. The molecule has 0 bridgehead atoms. The number of aromatic nitrogens is 4. The Kier molecular flexibility index (Phi) is 5.20. The van der Waals surface area contributed by atoms with E-state index in [0.29, 0.717) is 10.8 Å². The Hall–Kier alpha value is -2.62. The zero-order valence-corrected chi connectivity index (χ0v) is 17.0. The summed E-state index contributed by atoms with van der Waals surface area (Å²) in [5.74, 6) is 6.11. The second kappa shape index (κ2) is 7.66. The highest BCUT2D eigenvalue weighted by Crippen LogP contribution is 2.39. The molecule has 11 heteroatoms. The topological polar surface area (TPSA) is 136 Å². The Bertz CT molecular complexity index is 1220. The van der Waals surface area contributed by atoms with E-state index in [4.69, 9.17) is 5.11 Å². The standard InChI is InChI=1S/C18H17N5O4S2/c1-29(26,27)16-7-6-14(28-16)17-19-10-12(3-2-8-24)18(20-17)23(25)15-9-13(21-22-15)11-4-5-11/h6-7,9-11,23-24H,4-5,8H2,1H3,(H,21,22). The first-order valence-corrected chi connectivity index (χ1v) is 11.4. The quantitative estimate of drug-likeness (QED) is 0.403. The Morgan fingerprint density at radius 2 is 2.21 bits per heavy atom. The first kappa shape index (κ1) is 19.7. The van der Waals surface area contributed by atoms with Crippen LogP contribution in [0.15, 0.2) is 28.6 Å². The summed E-state index contributed by atoms with van der Waals surface area (Å²) in [4.78, 5) is 9.09. The van der Waals surface area contributed by atoms with Gasteiger partial charge in [0.15, 0.2) is 15.7 Å². The number of nitrogens with zero attached hydrogens (tertiary/aromatic N) is 3. The van der Waals surface area contributed by atoms with Crippen LogP contribution in [0.3, 0.4) is 0 Å². The van der Waals surface area contributed by atoms with Crippen LogP contribution in [0.5, 0.6) is 0 Å². The van der Waals surface area contributed by atoms with E-state index in [0.717, 1.165) is 36.1 Å². The van der Waals surface area contributed by atoms with E-state index in [2.05, 4.69) is 32.0 Å². The molecule has 1 atom stereocenters. The number of hydrogen-bond acceptors (Lipinski definition) is 8. The van der Waals surface area contributed by atoms with Gasteiger partial charge in [0.2, 0.25) is 0 Å². The molecule has 1 aliphatic rings. The van der Waals surface area contributed by atoms with Gasteiger partial charge >= 0.3 is 0 Å². The molecule has 3 heterocycles. The van der Waals surface area contributed by atoms with Crippen molar-refractivity contribution < 1.29 is 18.6 Å². The number of rotatable bonds is 5. The second-order valence-corrected chi connectivity index (χ2v) is 9.94. The number of quaternary nitrogens is 1. The summed E-state index contributed by atoms with van der Waals surface area (Å²) in [6, 6.07) is 4.80. The fourth-order valence-electron chi connectivity index (χ4n) is 2.72. The lowest BCUT2D eigenvalue weighted by atomic mass is 10.2. The van der Waals surface area contributed by atoms with Gasteiger partial charge in [-0.3, -0.25) is 10.2 Å². The second-order valence-electron chi connectivity index (χ2n) is 6.62.